The number of rotatable bonds is 1. The molecule has 0 fully saturated rings. The lowest BCUT2D eigenvalue weighted by Crippen LogP contribution is -1.77. The number of nitrogens with zero attached hydrogens (tertiary/aromatic N) is 1. The van der Waals surface area contributed by atoms with Crippen LogP contribution in [-0.2, 0) is 5.21 Å². The van der Waals surface area contributed by atoms with E-state index in [1.807, 2.05) is 6.07 Å². The molecule has 59 valence electrons. The number of aromatic nitrogens is 1. The van der Waals surface area contributed by atoms with Gasteiger partial charge in [-0.3, -0.25) is 0 Å². The van der Waals surface area contributed by atoms with E-state index in [1.165, 1.54) is 0 Å². The maximum Gasteiger partial charge on any atom is 0.0864 e. The largest absolute Gasteiger partial charge is 0.167 e. The van der Waals surface area contributed by atoms with Crippen LogP contribution < -0.4 is 0 Å². The monoisotopic (exact) mass is 161 g/mol. The van der Waals surface area contributed by atoms with Gasteiger partial charge in [0, 0.05) is 11.7 Å². The van der Waals surface area contributed by atoms with E-state index in [0.29, 0.717) is 5.56 Å². The maximum atomic E-state index is 11.2. The number of hydrogen-bond acceptors (Lipinski definition) is 0. The van der Waals surface area contributed by atoms with Gasteiger partial charge in [-0.1, -0.05) is 30.3 Å². The van der Waals surface area contributed by atoms with Gasteiger partial charge in [-0.05, 0) is 11.6 Å². The lowest BCUT2D eigenvalue weighted by atomic mass is 10.1. The van der Waals surface area contributed by atoms with Gasteiger partial charge in [-0.2, -0.15) is 5.21 Å². The van der Waals surface area contributed by atoms with Crippen LogP contribution in [0.1, 0.15) is 4.11 Å². The van der Waals surface area contributed by atoms with Crippen molar-refractivity contribution in [3.05, 3.63) is 48.7 Å². The summed E-state index contributed by atoms with van der Waals surface area (Å²) in [5.41, 5.74) is 0.839. The summed E-state index contributed by atoms with van der Waals surface area (Å²) in [5.74, 6) is 0. The molecule has 2 aromatic rings. The van der Waals surface area contributed by atoms with Crippen molar-refractivity contribution in [1.82, 2.24) is 4.73 Å². The fraction of sp³-hybridized carbons (Fsp3) is 0. The second kappa shape index (κ2) is 2.74. The Morgan fingerprint density at radius 3 is 2.50 bits per heavy atom. The Kier molecular flexibility index (Phi) is 0.994. The van der Waals surface area contributed by atoms with E-state index < -0.39 is 6.17 Å². The van der Waals surface area contributed by atoms with E-state index in [0.717, 1.165) is 0 Å². The Morgan fingerprint density at radius 1 is 1.17 bits per heavy atom. The van der Waals surface area contributed by atoms with Crippen molar-refractivity contribution < 1.29 is 9.32 Å². The molecule has 1 heterocycles. The first-order valence-electron chi connectivity index (χ1n) is 5.04. The fourth-order valence-corrected chi connectivity index (χ4v) is 1.01. The van der Waals surface area contributed by atoms with Gasteiger partial charge in [0.1, 0.15) is 0 Å². The Morgan fingerprint density at radius 2 is 1.92 bits per heavy atom. The zero-order valence-electron chi connectivity index (χ0n) is 9.24. The third-order valence-electron chi connectivity index (χ3n) is 1.56. The van der Waals surface area contributed by atoms with E-state index in [-0.39, 0.29) is 22.5 Å². The van der Waals surface area contributed by atoms with Gasteiger partial charge in [-0.25, -0.2) is 0 Å². The van der Waals surface area contributed by atoms with Gasteiger partial charge in [0.05, 0.1) is 10.3 Å². The van der Waals surface area contributed by atoms with Crippen molar-refractivity contribution in [2.75, 3.05) is 0 Å². The molecule has 0 atom stereocenters. The summed E-state index contributed by atoms with van der Waals surface area (Å²) >= 11 is 0. The van der Waals surface area contributed by atoms with E-state index in [4.69, 9.17) is 4.11 Å². The van der Waals surface area contributed by atoms with E-state index >= 15 is 0 Å². The standard InChI is InChI=1S/C10H8NO/c12-11-7-6-10(8-11)9-4-2-1-3-5-9/h1-8H/i6D,7D,8D. The predicted molar refractivity (Wildman–Crippen MR) is 46.0 cm³/mol. The molecular formula is C10H8NO. The van der Waals surface area contributed by atoms with E-state index in [9.17, 15) is 5.21 Å². The lowest BCUT2D eigenvalue weighted by molar-refractivity contribution is 0.0919. The summed E-state index contributed by atoms with van der Waals surface area (Å²) in [4.78, 5) is 0. The van der Waals surface area contributed by atoms with Crippen molar-refractivity contribution in [2.45, 2.75) is 0 Å². The SMILES string of the molecule is [2H]c1c(-c2ccccc2)c([2H])n([O])c1[2H]. The summed E-state index contributed by atoms with van der Waals surface area (Å²) in [6.07, 6.45) is -0.810. The van der Waals surface area contributed by atoms with Crippen LogP contribution in [0.15, 0.2) is 48.7 Å². The van der Waals surface area contributed by atoms with Gasteiger partial charge in [0.25, 0.3) is 0 Å². The smallest absolute Gasteiger partial charge is 0.0864 e. The summed E-state index contributed by atoms with van der Waals surface area (Å²) < 4.78 is 22.5. The highest BCUT2D eigenvalue weighted by Gasteiger charge is 1.97. The highest BCUT2D eigenvalue weighted by Crippen LogP contribution is 2.17. The molecule has 2 rings (SSSR count). The third kappa shape index (κ3) is 1.19. The average Bonchev–Trinajstić information content (AvgIpc) is 2.45. The zero-order chi connectivity index (χ0) is 11.0. The van der Waals surface area contributed by atoms with Crippen LogP contribution in [0.25, 0.3) is 11.1 Å². The molecule has 0 saturated heterocycles. The minimum atomic E-state index is -0.473. The number of benzene rings is 1. The molecule has 0 N–H and O–H groups in total. The van der Waals surface area contributed by atoms with Crippen molar-refractivity contribution >= 4 is 0 Å². The van der Waals surface area contributed by atoms with Crippen LogP contribution in [0.5, 0.6) is 0 Å². The molecular weight excluding hydrogens is 150 g/mol. The van der Waals surface area contributed by atoms with Crippen LogP contribution >= 0.6 is 0 Å². The molecule has 1 aromatic carbocycles. The molecule has 1 aromatic heterocycles. The van der Waals surface area contributed by atoms with Crippen LogP contribution in [0.3, 0.4) is 0 Å². The highest BCUT2D eigenvalue weighted by atomic mass is 16.5. The Hall–Kier alpha value is -1.70. The molecule has 0 saturated carbocycles. The Labute approximate surface area is 74.9 Å². The highest BCUT2D eigenvalue weighted by molar-refractivity contribution is 5.62. The van der Waals surface area contributed by atoms with Crippen molar-refractivity contribution in [1.29, 1.82) is 0 Å². The predicted octanol–water partition coefficient (Wildman–Crippen LogP) is 2.35. The van der Waals surface area contributed by atoms with Crippen molar-refractivity contribution in [2.24, 2.45) is 0 Å². The molecule has 0 aliphatic heterocycles. The van der Waals surface area contributed by atoms with E-state index in [1.54, 1.807) is 24.3 Å². The number of hydrogen-bond donors (Lipinski definition) is 0. The molecule has 2 heteroatoms. The molecule has 0 spiro atoms. The summed E-state index contributed by atoms with van der Waals surface area (Å²) in [6, 6.07) is 8.57. The normalized spacial score (nSPS) is 13.5. The quantitative estimate of drug-likeness (QED) is 0.613. The van der Waals surface area contributed by atoms with Crippen LogP contribution in [0, 0.1) is 0 Å². The minimum Gasteiger partial charge on any atom is -0.167 e. The molecule has 2 nitrogen and oxygen atoms in total. The van der Waals surface area contributed by atoms with Gasteiger partial charge >= 0.3 is 0 Å². The summed E-state index contributed by atoms with van der Waals surface area (Å²) in [7, 11) is 0. The molecule has 0 aliphatic carbocycles. The maximum absolute atomic E-state index is 11.2. The van der Waals surface area contributed by atoms with Crippen molar-refractivity contribution in [3.8, 4) is 11.1 Å². The summed E-state index contributed by atoms with van der Waals surface area (Å²) in [6.45, 7) is 0. The lowest BCUT2D eigenvalue weighted by Gasteiger charge is -1.93. The van der Waals surface area contributed by atoms with Gasteiger partial charge in [-0.15, -0.1) is 4.73 Å². The molecule has 0 bridgehead atoms. The second-order valence-electron chi connectivity index (χ2n) is 2.38. The Balaban J connectivity index is 2.69. The molecule has 12 heavy (non-hydrogen) atoms. The second-order valence-corrected chi connectivity index (χ2v) is 2.38. The first kappa shape index (κ1) is 4.36. The minimum absolute atomic E-state index is 0.157. The van der Waals surface area contributed by atoms with Gasteiger partial charge in [0.15, 0.2) is 0 Å². The summed E-state index contributed by atoms with van der Waals surface area (Å²) in [5, 5.41) is 11.2. The van der Waals surface area contributed by atoms with E-state index in [2.05, 4.69) is 0 Å². The molecule has 1 radical (unpaired) electrons. The molecule has 0 unspecified atom stereocenters. The first-order chi connectivity index (χ1) is 7.13. The van der Waals surface area contributed by atoms with Crippen LogP contribution in [0.4, 0.5) is 0 Å². The fourth-order valence-electron chi connectivity index (χ4n) is 1.01. The Bertz CT molecular complexity index is 468. The topological polar surface area (TPSA) is 24.8 Å². The molecule has 0 aliphatic rings. The van der Waals surface area contributed by atoms with Gasteiger partial charge < -0.3 is 0 Å². The average molecular weight is 161 g/mol. The van der Waals surface area contributed by atoms with Crippen LogP contribution in [0.2, 0.25) is 0 Å². The molecule has 0 amide bonds. The van der Waals surface area contributed by atoms with Crippen molar-refractivity contribution in [3.63, 3.8) is 0 Å². The zero-order valence-corrected chi connectivity index (χ0v) is 6.24. The first-order valence-corrected chi connectivity index (χ1v) is 3.54. The third-order valence-corrected chi connectivity index (χ3v) is 1.56. The van der Waals surface area contributed by atoms with Crippen LogP contribution in [-0.4, -0.2) is 4.73 Å². The van der Waals surface area contributed by atoms with Gasteiger partial charge in [0.2, 0.25) is 0 Å².